The summed E-state index contributed by atoms with van der Waals surface area (Å²) in [6.45, 7) is 8.76. The Kier molecular flexibility index (Phi) is 3.55. The highest BCUT2D eigenvalue weighted by molar-refractivity contribution is 9.10. The van der Waals surface area contributed by atoms with Crippen LogP contribution in [-0.4, -0.2) is 6.54 Å². The van der Waals surface area contributed by atoms with Gasteiger partial charge in [0.1, 0.15) is 0 Å². The van der Waals surface area contributed by atoms with Crippen LogP contribution in [0.2, 0.25) is 0 Å². The Morgan fingerprint density at radius 1 is 1.54 bits per heavy atom. The normalized spacial score (nSPS) is 9.77. The van der Waals surface area contributed by atoms with Crippen molar-refractivity contribution >= 4 is 21.6 Å². The van der Waals surface area contributed by atoms with E-state index in [2.05, 4.69) is 52.9 Å². The van der Waals surface area contributed by atoms with E-state index in [1.165, 1.54) is 5.56 Å². The third-order valence-electron chi connectivity index (χ3n) is 1.75. The van der Waals surface area contributed by atoms with Gasteiger partial charge in [-0.1, -0.05) is 28.1 Å². The second-order valence-electron chi connectivity index (χ2n) is 3.27. The monoisotopic (exact) mass is 239 g/mol. The van der Waals surface area contributed by atoms with Gasteiger partial charge in [-0.2, -0.15) is 0 Å². The maximum atomic E-state index is 3.84. The molecule has 1 nitrogen and oxygen atoms in total. The molecule has 0 radical (unpaired) electrons. The van der Waals surface area contributed by atoms with Crippen LogP contribution in [0.3, 0.4) is 0 Å². The molecule has 0 fully saturated rings. The van der Waals surface area contributed by atoms with Crippen LogP contribution in [0, 0.1) is 6.92 Å². The van der Waals surface area contributed by atoms with Gasteiger partial charge in [-0.25, -0.2) is 0 Å². The number of rotatable bonds is 3. The molecule has 0 unspecified atom stereocenters. The molecule has 0 atom stereocenters. The van der Waals surface area contributed by atoms with Crippen molar-refractivity contribution in [3.8, 4) is 0 Å². The summed E-state index contributed by atoms with van der Waals surface area (Å²) in [5, 5.41) is 3.29. The first-order valence-corrected chi connectivity index (χ1v) is 5.03. The fraction of sp³-hybridized carbons (Fsp3) is 0.273. The first kappa shape index (κ1) is 10.3. The molecule has 0 aliphatic rings. The van der Waals surface area contributed by atoms with Gasteiger partial charge in [-0.3, -0.25) is 0 Å². The third kappa shape index (κ3) is 3.23. The molecule has 0 spiro atoms. The Labute approximate surface area is 88.0 Å². The topological polar surface area (TPSA) is 12.0 Å². The zero-order valence-electron chi connectivity index (χ0n) is 8.02. The summed E-state index contributed by atoms with van der Waals surface area (Å²) < 4.78 is 1.15. The molecular weight excluding hydrogens is 226 g/mol. The lowest BCUT2D eigenvalue weighted by Gasteiger charge is -2.07. The number of benzene rings is 1. The van der Waals surface area contributed by atoms with Gasteiger partial charge >= 0.3 is 0 Å². The van der Waals surface area contributed by atoms with Crippen molar-refractivity contribution in [2.24, 2.45) is 0 Å². The highest BCUT2D eigenvalue weighted by atomic mass is 79.9. The summed E-state index contributed by atoms with van der Waals surface area (Å²) in [6, 6.07) is 6.23. The predicted octanol–water partition coefficient (Wildman–Crippen LogP) is 3.75. The second-order valence-corrected chi connectivity index (χ2v) is 4.13. The molecule has 0 heterocycles. The Balaban J connectivity index is 2.68. The van der Waals surface area contributed by atoms with Crippen LogP contribution in [0.15, 0.2) is 34.8 Å². The van der Waals surface area contributed by atoms with Crippen molar-refractivity contribution in [1.29, 1.82) is 0 Å². The molecule has 1 N–H and O–H groups in total. The Morgan fingerprint density at radius 2 is 2.23 bits per heavy atom. The zero-order chi connectivity index (χ0) is 9.84. The van der Waals surface area contributed by atoms with E-state index in [9.17, 15) is 0 Å². The number of hydrogen-bond acceptors (Lipinski definition) is 1. The molecule has 0 aromatic heterocycles. The molecule has 70 valence electrons. The summed E-state index contributed by atoms with van der Waals surface area (Å²) in [6.07, 6.45) is 0. The lowest BCUT2D eigenvalue weighted by molar-refractivity contribution is 1.21. The second kappa shape index (κ2) is 4.47. The van der Waals surface area contributed by atoms with Crippen molar-refractivity contribution in [2.45, 2.75) is 13.8 Å². The number of aryl methyl sites for hydroxylation is 1. The minimum atomic E-state index is 0.834. The van der Waals surface area contributed by atoms with Crippen LogP contribution in [0.1, 0.15) is 12.5 Å². The molecule has 0 bridgehead atoms. The summed E-state index contributed by atoms with van der Waals surface area (Å²) in [4.78, 5) is 0. The highest BCUT2D eigenvalue weighted by Crippen LogP contribution is 2.19. The highest BCUT2D eigenvalue weighted by Gasteiger charge is 1.95. The number of anilines is 1. The minimum Gasteiger partial charge on any atom is -0.381 e. The van der Waals surface area contributed by atoms with E-state index in [0.717, 1.165) is 22.3 Å². The van der Waals surface area contributed by atoms with Gasteiger partial charge in [0.2, 0.25) is 0 Å². The van der Waals surface area contributed by atoms with E-state index in [1.807, 2.05) is 6.92 Å². The van der Waals surface area contributed by atoms with Crippen molar-refractivity contribution in [3.63, 3.8) is 0 Å². The average Bonchev–Trinajstić information content (AvgIpc) is 2.07. The first-order valence-electron chi connectivity index (χ1n) is 4.24. The van der Waals surface area contributed by atoms with Crippen molar-refractivity contribution < 1.29 is 0 Å². The molecule has 0 amide bonds. The van der Waals surface area contributed by atoms with E-state index < -0.39 is 0 Å². The van der Waals surface area contributed by atoms with Crippen LogP contribution in [0.25, 0.3) is 0 Å². The molecule has 1 rings (SSSR count). The summed E-state index contributed by atoms with van der Waals surface area (Å²) in [5.41, 5.74) is 3.52. The van der Waals surface area contributed by atoms with Crippen molar-refractivity contribution in [2.75, 3.05) is 11.9 Å². The molecule has 13 heavy (non-hydrogen) atoms. The molecular formula is C11H14BrN. The first-order chi connectivity index (χ1) is 6.09. The third-order valence-corrected chi connectivity index (χ3v) is 2.64. The van der Waals surface area contributed by atoms with Crippen LogP contribution in [0.4, 0.5) is 5.69 Å². The number of nitrogens with one attached hydrogen (secondary N) is 1. The van der Waals surface area contributed by atoms with E-state index in [4.69, 9.17) is 0 Å². The largest absolute Gasteiger partial charge is 0.381 e. The van der Waals surface area contributed by atoms with Gasteiger partial charge < -0.3 is 5.32 Å². The lowest BCUT2D eigenvalue weighted by Crippen LogP contribution is -2.01. The Hall–Kier alpha value is -0.760. The van der Waals surface area contributed by atoms with Crippen LogP contribution >= 0.6 is 15.9 Å². The molecule has 0 aliphatic heterocycles. The van der Waals surface area contributed by atoms with Gasteiger partial charge in [-0.05, 0) is 37.6 Å². The smallest absolute Gasteiger partial charge is 0.0354 e. The van der Waals surface area contributed by atoms with Gasteiger partial charge in [0.25, 0.3) is 0 Å². The predicted molar refractivity (Wildman–Crippen MR) is 62.2 cm³/mol. The van der Waals surface area contributed by atoms with E-state index in [1.54, 1.807) is 0 Å². The maximum absolute atomic E-state index is 3.84. The van der Waals surface area contributed by atoms with Crippen LogP contribution in [-0.2, 0) is 0 Å². The molecule has 1 aromatic carbocycles. The molecule has 0 aliphatic carbocycles. The fourth-order valence-corrected chi connectivity index (χ4v) is 1.25. The lowest BCUT2D eigenvalue weighted by atomic mass is 10.2. The summed E-state index contributed by atoms with van der Waals surface area (Å²) in [7, 11) is 0. The van der Waals surface area contributed by atoms with Gasteiger partial charge in [0.05, 0.1) is 0 Å². The Bertz CT molecular complexity index is 318. The van der Waals surface area contributed by atoms with E-state index >= 15 is 0 Å². The van der Waals surface area contributed by atoms with Crippen molar-refractivity contribution in [3.05, 3.63) is 40.4 Å². The molecule has 0 saturated heterocycles. The quantitative estimate of drug-likeness (QED) is 0.793. The summed E-state index contributed by atoms with van der Waals surface area (Å²) in [5.74, 6) is 0. The number of halogens is 1. The average molecular weight is 240 g/mol. The summed E-state index contributed by atoms with van der Waals surface area (Å²) >= 11 is 3.46. The van der Waals surface area contributed by atoms with E-state index in [0.29, 0.717) is 0 Å². The fourth-order valence-electron chi connectivity index (χ4n) is 1.01. The van der Waals surface area contributed by atoms with Crippen LogP contribution in [0.5, 0.6) is 0 Å². The molecule has 0 saturated carbocycles. The van der Waals surface area contributed by atoms with Crippen LogP contribution < -0.4 is 5.32 Å². The number of hydrogen-bond donors (Lipinski definition) is 1. The maximum Gasteiger partial charge on any atom is 0.0354 e. The standard InChI is InChI=1S/C11H14BrN/c1-8(2)7-13-10-4-5-11(12)9(3)6-10/h4-6,13H,1,7H2,2-3H3. The van der Waals surface area contributed by atoms with Gasteiger partial charge in [-0.15, -0.1) is 0 Å². The molecule has 2 heteroatoms. The molecule has 1 aromatic rings. The zero-order valence-corrected chi connectivity index (χ0v) is 9.61. The van der Waals surface area contributed by atoms with Crippen molar-refractivity contribution in [1.82, 2.24) is 0 Å². The Morgan fingerprint density at radius 3 is 2.77 bits per heavy atom. The minimum absolute atomic E-state index is 0.834. The van der Waals surface area contributed by atoms with Gasteiger partial charge in [0.15, 0.2) is 0 Å². The van der Waals surface area contributed by atoms with E-state index in [-0.39, 0.29) is 0 Å². The van der Waals surface area contributed by atoms with Gasteiger partial charge in [0, 0.05) is 16.7 Å². The SMILES string of the molecule is C=C(C)CNc1ccc(Br)c(C)c1.